The summed E-state index contributed by atoms with van der Waals surface area (Å²) in [5.41, 5.74) is -0.457. The summed E-state index contributed by atoms with van der Waals surface area (Å²) in [4.78, 5) is 14.9. The zero-order chi connectivity index (χ0) is 22.5. The largest absolute Gasteiger partial charge is 0.493 e. The van der Waals surface area contributed by atoms with Crippen molar-refractivity contribution >= 4 is 6.09 Å². The van der Waals surface area contributed by atoms with E-state index in [4.69, 9.17) is 23.7 Å². The summed E-state index contributed by atoms with van der Waals surface area (Å²) in [7, 11) is 1.63. The Balaban J connectivity index is 1.52. The lowest BCUT2D eigenvalue weighted by molar-refractivity contribution is -0.294. The first-order valence-corrected chi connectivity index (χ1v) is 11.5. The van der Waals surface area contributed by atoms with E-state index in [-0.39, 0.29) is 6.09 Å². The van der Waals surface area contributed by atoms with Crippen molar-refractivity contribution in [2.45, 2.75) is 81.0 Å². The lowest BCUT2D eigenvalue weighted by Gasteiger charge is -2.64. The number of nitrogens with zero attached hydrogens (tertiary/aromatic N) is 1. The van der Waals surface area contributed by atoms with Crippen molar-refractivity contribution < 1.29 is 33.6 Å². The molecule has 3 heterocycles. The highest BCUT2D eigenvalue weighted by Gasteiger charge is 2.78. The first-order chi connectivity index (χ1) is 15.2. The maximum Gasteiger partial charge on any atom is 0.410 e. The molecule has 1 aromatic carbocycles. The van der Waals surface area contributed by atoms with E-state index in [0.29, 0.717) is 56.9 Å². The average molecular weight is 446 g/mol. The molecule has 8 nitrogen and oxygen atoms in total. The van der Waals surface area contributed by atoms with Gasteiger partial charge < -0.3 is 33.7 Å². The predicted molar refractivity (Wildman–Crippen MR) is 113 cm³/mol. The first-order valence-electron chi connectivity index (χ1n) is 11.5. The summed E-state index contributed by atoms with van der Waals surface area (Å²) in [6, 6.07) is 3.53. The van der Waals surface area contributed by atoms with Gasteiger partial charge in [0.25, 0.3) is 0 Å². The number of benzene rings is 1. The third kappa shape index (κ3) is 2.35. The number of likely N-dealkylation sites (tertiary alicyclic amines) is 1. The molecule has 8 heteroatoms. The minimum atomic E-state index is -1.18. The second-order valence-corrected chi connectivity index (χ2v) is 10.7. The van der Waals surface area contributed by atoms with Gasteiger partial charge in [0, 0.05) is 18.5 Å². The van der Waals surface area contributed by atoms with Crippen molar-refractivity contribution in [3.8, 4) is 11.5 Å². The number of rotatable bonds is 1. The number of amides is 1. The monoisotopic (exact) mass is 445 g/mol. The van der Waals surface area contributed by atoms with Crippen LogP contribution in [0.1, 0.15) is 51.2 Å². The van der Waals surface area contributed by atoms with Gasteiger partial charge in [-0.3, -0.25) is 0 Å². The first kappa shape index (κ1) is 20.6. The molecular weight excluding hydrogens is 414 g/mol. The van der Waals surface area contributed by atoms with E-state index >= 15 is 0 Å². The van der Waals surface area contributed by atoms with Gasteiger partial charge in [-0.2, -0.15) is 0 Å². The lowest BCUT2D eigenvalue weighted by atomic mass is 9.48. The molecule has 1 saturated carbocycles. The highest BCUT2D eigenvalue weighted by molar-refractivity contribution is 5.71. The zero-order valence-electron chi connectivity index (χ0n) is 19.1. The maximum atomic E-state index is 13.2. The smallest absolute Gasteiger partial charge is 0.410 e. The van der Waals surface area contributed by atoms with Crippen molar-refractivity contribution in [3.63, 3.8) is 0 Å². The Kier molecular flexibility index (Phi) is 4.05. The van der Waals surface area contributed by atoms with Gasteiger partial charge >= 0.3 is 6.09 Å². The van der Waals surface area contributed by atoms with Gasteiger partial charge in [0.05, 0.1) is 37.4 Å². The second-order valence-electron chi connectivity index (χ2n) is 10.7. The number of ether oxygens (including phenoxy) is 5. The number of piperidine rings is 1. The van der Waals surface area contributed by atoms with Crippen LogP contribution >= 0.6 is 0 Å². The number of methoxy groups -OCH3 is 1. The Bertz CT molecular complexity index is 981. The van der Waals surface area contributed by atoms with Crippen LogP contribution in [0.4, 0.5) is 4.79 Å². The molecule has 2 bridgehead atoms. The molecule has 1 N–H and O–H groups in total. The minimum Gasteiger partial charge on any atom is -0.493 e. The van der Waals surface area contributed by atoms with Crippen LogP contribution in [0.25, 0.3) is 0 Å². The number of aliphatic hydroxyl groups is 1. The van der Waals surface area contributed by atoms with Crippen LogP contribution in [-0.2, 0) is 26.0 Å². The summed E-state index contributed by atoms with van der Waals surface area (Å²) in [5, 5.41) is 12.5. The molecule has 3 fully saturated rings. The molecule has 32 heavy (non-hydrogen) atoms. The molecule has 2 saturated heterocycles. The summed E-state index contributed by atoms with van der Waals surface area (Å²) in [6.45, 7) is 7.05. The van der Waals surface area contributed by atoms with Crippen LogP contribution in [0.5, 0.6) is 11.5 Å². The van der Waals surface area contributed by atoms with E-state index in [9.17, 15) is 9.90 Å². The molecule has 2 spiro atoms. The maximum absolute atomic E-state index is 13.2. The SMILES string of the molecule is COc1ccc2c3c1O[C@H]1C4(CC[C@@]5(O)[C@H](C2)N(C(=O)OC(C)(C)C)CC[C@]315)OCCO4. The van der Waals surface area contributed by atoms with Gasteiger partial charge in [0.2, 0.25) is 5.79 Å². The second kappa shape index (κ2) is 6.30. The Morgan fingerprint density at radius 1 is 1.19 bits per heavy atom. The summed E-state index contributed by atoms with van der Waals surface area (Å²) in [5.74, 6) is 0.428. The fourth-order valence-corrected chi connectivity index (χ4v) is 6.96. The van der Waals surface area contributed by atoms with Crippen molar-refractivity contribution in [1.82, 2.24) is 4.90 Å². The molecule has 6 rings (SSSR count). The summed E-state index contributed by atoms with van der Waals surface area (Å²) in [6.07, 6.45) is 1.13. The van der Waals surface area contributed by atoms with Crippen LogP contribution in [0.2, 0.25) is 0 Å². The number of hydrogen-bond donors (Lipinski definition) is 1. The summed E-state index contributed by atoms with van der Waals surface area (Å²) < 4.78 is 30.3. The van der Waals surface area contributed by atoms with E-state index in [1.54, 1.807) is 12.0 Å². The van der Waals surface area contributed by atoms with Crippen LogP contribution in [0.15, 0.2) is 12.1 Å². The third-order valence-corrected chi connectivity index (χ3v) is 8.08. The number of fused-ring (bicyclic) bond motifs is 1. The molecule has 5 aliphatic rings. The standard InChI is InChI=1S/C24H31NO7/c1-21(2,3)32-20(26)25-10-9-22-17-14-5-6-15(28-4)18(17)31-19(22)24(29-11-12-30-24)8-7-23(22,27)16(25)13-14/h5-6,16,19,27H,7-13H2,1-4H3/t16-,19+,22-,23+/m0/s1. The van der Waals surface area contributed by atoms with Gasteiger partial charge in [-0.15, -0.1) is 0 Å². The normalized spacial score (nSPS) is 36.0. The molecular formula is C24H31NO7. The van der Waals surface area contributed by atoms with E-state index in [1.807, 2.05) is 32.9 Å². The van der Waals surface area contributed by atoms with Crippen molar-refractivity contribution in [3.05, 3.63) is 23.3 Å². The van der Waals surface area contributed by atoms with Crippen LogP contribution in [-0.4, -0.2) is 72.1 Å². The van der Waals surface area contributed by atoms with E-state index in [1.165, 1.54) is 0 Å². The number of carbonyl (C=O) groups excluding carboxylic acids is 1. The van der Waals surface area contributed by atoms with Gasteiger partial charge in [-0.25, -0.2) is 4.79 Å². The van der Waals surface area contributed by atoms with Gasteiger partial charge in [-0.1, -0.05) is 6.07 Å². The zero-order valence-corrected chi connectivity index (χ0v) is 19.1. The predicted octanol–water partition coefficient (Wildman–Crippen LogP) is 2.53. The molecule has 4 atom stereocenters. The molecule has 1 amide bonds. The highest BCUT2D eigenvalue weighted by atomic mass is 16.8. The van der Waals surface area contributed by atoms with Gasteiger partial charge in [0.15, 0.2) is 17.6 Å². The molecule has 1 aromatic rings. The van der Waals surface area contributed by atoms with E-state index < -0.39 is 34.6 Å². The minimum absolute atomic E-state index is 0.382. The van der Waals surface area contributed by atoms with Crippen molar-refractivity contribution in [2.75, 3.05) is 26.9 Å². The average Bonchev–Trinajstić information content (AvgIpc) is 3.32. The molecule has 0 radical (unpaired) electrons. The topological polar surface area (TPSA) is 86.7 Å². The van der Waals surface area contributed by atoms with Crippen LogP contribution in [0.3, 0.4) is 0 Å². The highest BCUT2D eigenvalue weighted by Crippen LogP contribution is 2.68. The van der Waals surface area contributed by atoms with Crippen molar-refractivity contribution in [1.29, 1.82) is 0 Å². The summed E-state index contributed by atoms with van der Waals surface area (Å²) >= 11 is 0. The Labute approximate surface area is 187 Å². The molecule has 0 unspecified atom stereocenters. The number of hydrogen-bond acceptors (Lipinski definition) is 7. The molecule has 0 aromatic heterocycles. The quantitative estimate of drug-likeness (QED) is 0.711. The van der Waals surface area contributed by atoms with E-state index in [2.05, 4.69) is 0 Å². The van der Waals surface area contributed by atoms with Gasteiger partial charge in [0.1, 0.15) is 5.60 Å². The van der Waals surface area contributed by atoms with Crippen LogP contribution in [0, 0.1) is 0 Å². The van der Waals surface area contributed by atoms with Crippen molar-refractivity contribution in [2.24, 2.45) is 0 Å². The molecule has 174 valence electrons. The Morgan fingerprint density at radius 3 is 2.62 bits per heavy atom. The lowest BCUT2D eigenvalue weighted by Crippen LogP contribution is -2.79. The fourth-order valence-electron chi connectivity index (χ4n) is 6.96. The Morgan fingerprint density at radius 2 is 1.94 bits per heavy atom. The molecule has 3 aliphatic heterocycles. The van der Waals surface area contributed by atoms with E-state index in [0.717, 1.165) is 11.1 Å². The number of carbonyl (C=O) groups is 1. The fraction of sp³-hybridized carbons (Fsp3) is 0.708. The van der Waals surface area contributed by atoms with Crippen LogP contribution < -0.4 is 9.47 Å². The third-order valence-electron chi connectivity index (χ3n) is 8.08. The van der Waals surface area contributed by atoms with Gasteiger partial charge in [-0.05, 0) is 51.7 Å². The molecule has 2 aliphatic carbocycles. The Hall–Kier alpha value is -2.03.